The van der Waals surface area contributed by atoms with Crippen LogP contribution in [0.15, 0.2) is 35.9 Å². The summed E-state index contributed by atoms with van der Waals surface area (Å²) in [5.74, 6) is -0.865. The highest BCUT2D eigenvalue weighted by molar-refractivity contribution is 5.85. The predicted molar refractivity (Wildman–Crippen MR) is 69.0 cm³/mol. The van der Waals surface area contributed by atoms with E-state index in [0.29, 0.717) is 12.1 Å². The number of hydrogen-bond donors (Lipinski definition) is 2. The Hall–Kier alpha value is -1.61. The molecule has 0 aliphatic heterocycles. The van der Waals surface area contributed by atoms with Crippen LogP contribution in [0, 0.1) is 6.92 Å². The molecule has 0 saturated heterocycles. The molecule has 1 aromatic rings. The standard InChI is InChI=1S/C14H19NO2/c1-10-6-4-5-7-13(10)12(3)15-9-8-11(2)14(16)17/h4-8,12,15H,9H2,1-3H3,(H,16,17)/b11-8-/t12-/m0/s1. The minimum absolute atomic E-state index is 0.217. The Kier molecular flexibility index (Phi) is 4.91. The molecule has 3 heteroatoms. The van der Waals surface area contributed by atoms with Crippen LogP contribution in [0.3, 0.4) is 0 Å². The second-order valence-electron chi connectivity index (χ2n) is 4.18. The van der Waals surface area contributed by atoms with Crippen LogP contribution in [0.25, 0.3) is 0 Å². The third kappa shape index (κ3) is 4.04. The Morgan fingerprint density at radius 1 is 1.47 bits per heavy atom. The van der Waals surface area contributed by atoms with Crippen molar-refractivity contribution < 1.29 is 9.90 Å². The summed E-state index contributed by atoms with van der Waals surface area (Å²) in [5, 5.41) is 12.0. The van der Waals surface area contributed by atoms with Gasteiger partial charge in [-0.15, -0.1) is 0 Å². The highest BCUT2D eigenvalue weighted by Crippen LogP contribution is 2.16. The zero-order valence-corrected chi connectivity index (χ0v) is 10.5. The Balaban J connectivity index is 2.57. The molecule has 0 aliphatic rings. The van der Waals surface area contributed by atoms with Crippen molar-refractivity contribution in [2.75, 3.05) is 6.54 Å². The van der Waals surface area contributed by atoms with E-state index in [1.54, 1.807) is 13.0 Å². The lowest BCUT2D eigenvalue weighted by Crippen LogP contribution is -2.20. The molecule has 1 atom stereocenters. The molecule has 17 heavy (non-hydrogen) atoms. The SMILES string of the molecule is C/C(=C/CN[C@@H](C)c1ccccc1C)C(=O)O. The Morgan fingerprint density at radius 3 is 2.71 bits per heavy atom. The van der Waals surface area contributed by atoms with Gasteiger partial charge < -0.3 is 10.4 Å². The van der Waals surface area contributed by atoms with E-state index in [2.05, 4.69) is 31.3 Å². The highest BCUT2D eigenvalue weighted by Gasteiger charge is 2.06. The molecule has 0 unspecified atom stereocenters. The van der Waals surface area contributed by atoms with Gasteiger partial charge in [0.15, 0.2) is 0 Å². The number of hydrogen-bond acceptors (Lipinski definition) is 2. The minimum Gasteiger partial charge on any atom is -0.478 e. The zero-order chi connectivity index (χ0) is 12.8. The summed E-state index contributed by atoms with van der Waals surface area (Å²) in [7, 11) is 0. The van der Waals surface area contributed by atoms with Crippen molar-refractivity contribution in [3.63, 3.8) is 0 Å². The number of carbonyl (C=O) groups is 1. The number of benzene rings is 1. The summed E-state index contributed by atoms with van der Waals surface area (Å²) >= 11 is 0. The number of rotatable bonds is 5. The van der Waals surface area contributed by atoms with Crippen molar-refractivity contribution in [3.8, 4) is 0 Å². The van der Waals surface area contributed by atoms with Crippen LogP contribution < -0.4 is 5.32 Å². The van der Waals surface area contributed by atoms with Crippen molar-refractivity contribution >= 4 is 5.97 Å². The third-order valence-corrected chi connectivity index (χ3v) is 2.82. The Bertz CT molecular complexity index is 424. The average molecular weight is 233 g/mol. The topological polar surface area (TPSA) is 49.3 Å². The minimum atomic E-state index is -0.865. The smallest absolute Gasteiger partial charge is 0.330 e. The summed E-state index contributed by atoms with van der Waals surface area (Å²) in [5.41, 5.74) is 2.86. The fraction of sp³-hybridized carbons (Fsp3) is 0.357. The van der Waals surface area contributed by atoms with Gasteiger partial charge in [0.05, 0.1) is 0 Å². The predicted octanol–water partition coefficient (Wildman–Crippen LogP) is 2.68. The van der Waals surface area contributed by atoms with Gasteiger partial charge in [-0.25, -0.2) is 4.79 Å². The summed E-state index contributed by atoms with van der Waals surface area (Å²) < 4.78 is 0. The molecule has 1 rings (SSSR count). The quantitative estimate of drug-likeness (QED) is 0.769. The van der Waals surface area contributed by atoms with Crippen molar-refractivity contribution in [1.29, 1.82) is 0 Å². The molecule has 0 bridgehead atoms. The van der Waals surface area contributed by atoms with Gasteiger partial charge in [0.25, 0.3) is 0 Å². The lowest BCUT2D eigenvalue weighted by molar-refractivity contribution is -0.132. The lowest BCUT2D eigenvalue weighted by Gasteiger charge is -2.15. The first kappa shape index (κ1) is 13.5. The van der Waals surface area contributed by atoms with Crippen molar-refractivity contribution in [2.24, 2.45) is 0 Å². The number of carboxylic acids is 1. The number of nitrogens with one attached hydrogen (secondary N) is 1. The summed E-state index contributed by atoms with van der Waals surface area (Å²) in [4.78, 5) is 10.6. The van der Waals surface area contributed by atoms with E-state index in [1.165, 1.54) is 11.1 Å². The molecular weight excluding hydrogens is 214 g/mol. The van der Waals surface area contributed by atoms with Crippen LogP contribution in [0.4, 0.5) is 0 Å². The van der Waals surface area contributed by atoms with Gasteiger partial charge in [0.1, 0.15) is 0 Å². The summed E-state index contributed by atoms with van der Waals surface area (Å²) in [6.07, 6.45) is 1.69. The molecule has 0 aromatic heterocycles. The number of carboxylic acid groups (broad SMARTS) is 1. The van der Waals surface area contributed by atoms with Gasteiger partial charge in [0, 0.05) is 18.2 Å². The van der Waals surface area contributed by atoms with Crippen molar-refractivity contribution in [3.05, 3.63) is 47.0 Å². The van der Waals surface area contributed by atoms with Crippen LogP contribution in [0.2, 0.25) is 0 Å². The van der Waals surface area contributed by atoms with Crippen molar-refractivity contribution in [2.45, 2.75) is 26.8 Å². The van der Waals surface area contributed by atoms with E-state index in [4.69, 9.17) is 5.11 Å². The van der Waals surface area contributed by atoms with E-state index < -0.39 is 5.97 Å². The molecule has 1 aromatic carbocycles. The molecule has 2 N–H and O–H groups in total. The molecule has 0 fully saturated rings. The lowest BCUT2D eigenvalue weighted by atomic mass is 10.0. The van der Waals surface area contributed by atoms with Gasteiger partial charge in [-0.1, -0.05) is 30.3 Å². The molecule has 0 amide bonds. The first-order valence-electron chi connectivity index (χ1n) is 5.71. The van der Waals surface area contributed by atoms with Gasteiger partial charge in [0.2, 0.25) is 0 Å². The highest BCUT2D eigenvalue weighted by atomic mass is 16.4. The Labute approximate surface area is 102 Å². The summed E-state index contributed by atoms with van der Waals surface area (Å²) in [6, 6.07) is 8.40. The first-order chi connectivity index (χ1) is 8.02. The van der Waals surface area contributed by atoms with Crippen LogP contribution in [-0.2, 0) is 4.79 Å². The normalized spacial score (nSPS) is 13.5. The number of aliphatic carboxylic acids is 1. The van der Waals surface area contributed by atoms with Gasteiger partial charge >= 0.3 is 5.97 Å². The van der Waals surface area contributed by atoms with Gasteiger partial charge in [-0.2, -0.15) is 0 Å². The monoisotopic (exact) mass is 233 g/mol. The van der Waals surface area contributed by atoms with Crippen LogP contribution in [0.5, 0.6) is 0 Å². The van der Waals surface area contributed by atoms with E-state index in [9.17, 15) is 4.79 Å². The number of aryl methyl sites for hydroxylation is 1. The molecular formula is C14H19NO2. The van der Waals surface area contributed by atoms with E-state index in [-0.39, 0.29) is 6.04 Å². The van der Waals surface area contributed by atoms with Gasteiger partial charge in [-0.3, -0.25) is 0 Å². The molecule has 0 spiro atoms. The molecule has 0 saturated carbocycles. The van der Waals surface area contributed by atoms with E-state index >= 15 is 0 Å². The van der Waals surface area contributed by atoms with Gasteiger partial charge in [-0.05, 0) is 31.9 Å². The first-order valence-corrected chi connectivity index (χ1v) is 5.71. The van der Waals surface area contributed by atoms with E-state index in [1.807, 2.05) is 12.1 Å². The second kappa shape index (κ2) is 6.21. The zero-order valence-electron chi connectivity index (χ0n) is 10.5. The van der Waals surface area contributed by atoms with Crippen LogP contribution in [0.1, 0.15) is 31.0 Å². The maximum atomic E-state index is 10.6. The summed E-state index contributed by atoms with van der Waals surface area (Å²) in [6.45, 7) is 6.31. The fourth-order valence-corrected chi connectivity index (χ4v) is 1.66. The molecule has 0 heterocycles. The fourth-order valence-electron chi connectivity index (χ4n) is 1.66. The third-order valence-electron chi connectivity index (χ3n) is 2.82. The maximum Gasteiger partial charge on any atom is 0.330 e. The largest absolute Gasteiger partial charge is 0.478 e. The van der Waals surface area contributed by atoms with E-state index in [0.717, 1.165) is 0 Å². The van der Waals surface area contributed by atoms with Crippen LogP contribution >= 0.6 is 0 Å². The molecule has 0 aliphatic carbocycles. The molecule has 3 nitrogen and oxygen atoms in total. The van der Waals surface area contributed by atoms with Crippen molar-refractivity contribution in [1.82, 2.24) is 5.32 Å². The van der Waals surface area contributed by atoms with Crippen LogP contribution in [-0.4, -0.2) is 17.6 Å². The Morgan fingerprint density at radius 2 is 2.12 bits per heavy atom. The average Bonchev–Trinajstić information content (AvgIpc) is 2.29. The molecule has 92 valence electrons. The maximum absolute atomic E-state index is 10.6. The second-order valence-corrected chi connectivity index (χ2v) is 4.18. The molecule has 0 radical (unpaired) electrons.